The van der Waals surface area contributed by atoms with Crippen molar-refractivity contribution < 1.29 is 4.79 Å². The van der Waals surface area contributed by atoms with Crippen LogP contribution in [0.3, 0.4) is 0 Å². The summed E-state index contributed by atoms with van der Waals surface area (Å²) in [6, 6.07) is 0. The van der Waals surface area contributed by atoms with Gasteiger partial charge in [0.1, 0.15) is 11.4 Å². The van der Waals surface area contributed by atoms with Gasteiger partial charge in [-0.3, -0.25) is 19.1 Å². The standard InChI is InChI=1S/C8H9N3O3/c1-2-11-6-5(4(12)3-9-6)7(13)10-8(11)14/h9H,2-3H2,1H3,(H,10,13,14). The molecular formula is C8H9N3O3. The summed E-state index contributed by atoms with van der Waals surface area (Å²) in [7, 11) is 0. The molecule has 0 bridgehead atoms. The third kappa shape index (κ3) is 1.00. The van der Waals surface area contributed by atoms with Crippen LogP contribution in [0, 0.1) is 0 Å². The highest BCUT2D eigenvalue weighted by Crippen LogP contribution is 2.15. The Kier molecular flexibility index (Phi) is 1.77. The van der Waals surface area contributed by atoms with Crippen LogP contribution in [0.2, 0.25) is 0 Å². The van der Waals surface area contributed by atoms with Gasteiger partial charge >= 0.3 is 5.69 Å². The van der Waals surface area contributed by atoms with E-state index in [1.165, 1.54) is 4.57 Å². The average Bonchev–Trinajstić information content (AvgIpc) is 2.49. The van der Waals surface area contributed by atoms with E-state index in [0.29, 0.717) is 12.4 Å². The van der Waals surface area contributed by atoms with E-state index in [9.17, 15) is 14.4 Å². The molecule has 0 fully saturated rings. The molecule has 0 aliphatic carbocycles. The number of H-pyrrole nitrogens is 1. The molecule has 0 aromatic carbocycles. The first-order valence-corrected chi connectivity index (χ1v) is 4.29. The Bertz CT molecular complexity index is 512. The smallest absolute Gasteiger partial charge is 0.329 e. The topological polar surface area (TPSA) is 84.0 Å². The first kappa shape index (κ1) is 8.74. The quantitative estimate of drug-likeness (QED) is 0.612. The van der Waals surface area contributed by atoms with Gasteiger partial charge in [0.2, 0.25) is 0 Å². The minimum atomic E-state index is -0.607. The van der Waals surface area contributed by atoms with Crippen molar-refractivity contribution in [1.82, 2.24) is 9.55 Å². The lowest BCUT2D eigenvalue weighted by Crippen LogP contribution is -2.32. The highest BCUT2D eigenvalue weighted by molar-refractivity contribution is 6.06. The van der Waals surface area contributed by atoms with Crippen LogP contribution >= 0.6 is 0 Å². The Labute approximate surface area is 78.6 Å². The van der Waals surface area contributed by atoms with Crippen molar-refractivity contribution in [3.63, 3.8) is 0 Å². The highest BCUT2D eigenvalue weighted by atomic mass is 16.2. The molecule has 0 atom stereocenters. The van der Waals surface area contributed by atoms with E-state index in [0.717, 1.165) is 0 Å². The number of hydrogen-bond acceptors (Lipinski definition) is 4. The van der Waals surface area contributed by atoms with Crippen molar-refractivity contribution in [3.8, 4) is 0 Å². The van der Waals surface area contributed by atoms with Gasteiger partial charge in [-0.1, -0.05) is 0 Å². The molecule has 6 nitrogen and oxygen atoms in total. The Hall–Kier alpha value is -1.85. The summed E-state index contributed by atoms with van der Waals surface area (Å²) in [4.78, 5) is 36.0. The van der Waals surface area contributed by atoms with Crippen LogP contribution in [0.25, 0.3) is 0 Å². The number of nitrogens with one attached hydrogen (secondary N) is 2. The summed E-state index contributed by atoms with van der Waals surface area (Å²) in [5.41, 5.74) is -1.03. The molecule has 0 spiro atoms. The maximum atomic E-state index is 11.3. The minimum Gasteiger partial charge on any atom is -0.363 e. The fraction of sp³-hybridized carbons (Fsp3) is 0.375. The van der Waals surface area contributed by atoms with E-state index in [1.54, 1.807) is 6.92 Å². The number of fused-ring (bicyclic) bond motifs is 1. The zero-order chi connectivity index (χ0) is 10.3. The van der Waals surface area contributed by atoms with E-state index < -0.39 is 11.2 Å². The zero-order valence-corrected chi connectivity index (χ0v) is 7.59. The number of Topliss-reactive ketones (excluding diaryl/α,β-unsaturated/α-hetero) is 1. The number of aromatic amines is 1. The molecule has 0 unspecified atom stereocenters. The fourth-order valence-corrected chi connectivity index (χ4v) is 1.57. The predicted octanol–water partition coefficient (Wildman–Crippen LogP) is -0.835. The maximum Gasteiger partial charge on any atom is 0.329 e. The van der Waals surface area contributed by atoms with Gasteiger partial charge in [0.25, 0.3) is 5.56 Å². The summed E-state index contributed by atoms with van der Waals surface area (Å²) in [5.74, 6) is 0.0645. The van der Waals surface area contributed by atoms with Crippen LogP contribution in [-0.2, 0) is 6.54 Å². The molecule has 2 rings (SSSR count). The summed E-state index contributed by atoms with van der Waals surface area (Å²) in [5, 5.41) is 2.74. The van der Waals surface area contributed by atoms with Crippen LogP contribution in [0.1, 0.15) is 17.3 Å². The molecule has 6 heteroatoms. The number of carbonyl (C=O) groups excluding carboxylic acids is 1. The molecule has 1 aromatic heterocycles. The Morgan fingerprint density at radius 3 is 2.71 bits per heavy atom. The van der Waals surface area contributed by atoms with Crippen LogP contribution < -0.4 is 16.6 Å². The Balaban J connectivity index is 2.86. The first-order valence-electron chi connectivity index (χ1n) is 4.29. The van der Waals surface area contributed by atoms with E-state index >= 15 is 0 Å². The van der Waals surface area contributed by atoms with Crippen molar-refractivity contribution in [3.05, 3.63) is 26.4 Å². The molecule has 1 aromatic rings. The van der Waals surface area contributed by atoms with Crippen molar-refractivity contribution >= 4 is 11.6 Å². The molecule has 0 amide bonds. The Morgan fingerprint density at radius 2 is 2.07 bits per heavy atom. The first-order chi connectivity index (χ1) is 6.65. The van der Waals surface area contributed by atoms with Gasteiger partial charge in [-0.2, -0.15) is 0 Å². The molecule has 0 radical (unpaired) electrons. The second kappa shape index (κ2) is 2.83. The van der Waals surface area contributed by atoms with Gasteiger partial charge in [0.15, 0.2) is 5.78 Å². The summed E-state index contributed by atoms with van der Waals surface area (Å²) < 4.78 is 1.33. The molecule has 0 saturated heterocycles. The molecule has 2 N–H and O–H groups in total. The largest absolute Gasteiger partial charge is 0.363 e. The SMILES string of the molecule is CCn1c2c(c(=O)[nH]c1=O)C(=O)CN2. The second-order valence-electron chi connectivity index (χ2n) is 3.00. The number of nitrogens with zero attached hydrogens (tertiary/aromatic N) is 1. The van der Waals surface area contributed by atoms with E-state index in [2.05, 4.69) is 10.3 Å². The van der Waals surface area contributed by atoms with Crippen LogP contribution in [0.4, 0.5) is 5.82 Å². The van der Waals surface area contributed by atoms with E-state index in [1.807, 2.05) is 0 Å². The maximum absolute atomic E-state index is 11.3. The normalized spacial score (nSPS) is 13.9. The van der Waals surface area contributed by atoms with Crippen molar-refractivity contribution in [1.29, 1.82) is 0 Å². The van der Waals surface area contributed by atoms with Crippen molar-refractivity contribution in [2.24, 2.45) is 0 Å². The summed E-state index contributed by atoms with van der Waals surface area (Å²) in [6.07, 6.45) is 0. The predicted molar refractivity (Wildman–Crippen MR) is 49.8 cm³/mol. The fourth-order valence-electron chi connectivity index (χ4n) is 1.57. The van der Waals surface area contributed by atoms with Gasteiger partial charge in [-0.15, -0.1) is 0 Å². The number of ketones is 1. The molecule has 0 saturated carbocycles. The minimum absolute atomic E-state index is 0.0615. The van der Waals surface area contributed by atoms with Gasteiger partial charge in [-0.05, 0) is 6.92 Å². The molecule has 2 heterocycles. The van der Waals surface area contributed by atoms with Crippen LogP contribution in [0.15, 0.2) is 9.59 Å². The molecule has 14 heavy (non-hydrogen) atoms. The second-order valence-corrected chi connectivity index (χ2v) is 3.00. The van der Waals surface area contributed by atoms with Crippen LogP contribution in [0.5, 0.6) is 0 Å². The molecule has 1 aliphatic heterocycles. The molecular weight excluding hydrogens is 186 g/mol. The average molecular weight is 195 g/mol. The lowest BCUT2D eigenvalue weighted by Gasteiger charge is -2.06. The number of hydrogen-bond donors (Lipinski definition) is 2. The molecule has 1 aliphatic rings. The van der Waals surface area contributed by atoms with E-state index in [4.69, 9.17) is 0 Å². The van der Waals surface area contributed by atoms with Crippen LogP contribution in [-0.4, -0.2) is 21.9 Å². The van der Waals surface area contributed by atoms with Crippen molar-refractivity contribution in [2.75, 3.05) is 11.9 Å². The summed E-state index contributed by atoms with van der Waals surface area (Å²) in [6.45, 7) is 2.27. The number of aromatic nitrogens is 2. The third-order valence-corrected chi connectivity index (χ3v) is 2.21. The number of carbonyl (C=O) groups is 1. The van der Waals surface area contributed by atoms with Gasteiger partial charge in [-0.25, -0.2) is 4.79 Å². The summed E-state index contributed by atoms with van der Waals surface area (Å²) >= 11 is 0. The third-order valence-electron chi connectivity index (χ3n) is 2.21. The monoisotopic (exact) mass is 195 g/mol. The lowest BCUT2D eigenvalue weighted by atomic mass is 10.2. The Morgan fingerprint density at radius 1 is 1.36 bits per heavy atom. The van der Waals surface area contributed by atoms with Gasteiger partial charge < -0.3 is 5.32 Å². The van der Waals surface area contributed by atoms with Gasteiger partial charge in [0.05, 0.1) is 6.54 Å². The highest BCUT2D eigenvalue weighted by Gasteiger charge is 2.26. The lowest BCUT2D eigenvalue weighted by molar-refractivity contribution is 0.101. The number of rotatable bonds is 1. The molecule has 74 valence electrons. The van der Waals surface area contributed by atoms with Crippen molar-refractivity contribution in [2.45, 2.75) is 13.5 Å². The van der Waals surface area contributed by atoms with E-state index in [-0.39, 0.29) is 17.9 Å². The van der Waals surface area contributed by atoms with Gasteiger partial charge in [0, 0.05) is 6.54 Å². The zero-order valence-electron chi connectivity index (χ0n) is 7.59. The number of anilines is 1.